The molecule has 0 bridgehead atoms. The summed E-state index contributed by atoms with van der Waals surface area (Å²) in [5, 5.41) is 3.40. The van der Waals surface area contributed by atoms with Crippen molar-refractivity contribution in [2.24, 2.45) is 17.5 Å². The third-order valence-electron chi connectivity index (χ3n) is 3.72. The molecule has 0 amide bonds. The van der Waals surface area contributed by atoms with Crippen molar-refractivity contribution in [3.63, 3.8) is 0 Å². The molecule has 0 aliphatic heterocycles. The number of hydrogen-bond acceptors (Lipinski definition) is 2. The van der Waals surface area contributed by atoms with Crippen LogP contribution in [0.3, 0.4) is 0 Å². The van der Waals surface area contributed by atoms with Crippen LogP contribution in [-0.2, 0) is 18.3 Å². The van der Waals surface area contributed by atoms with Gasteiger partial charge in [-0.2, -0.15) is 0 Å². The van der Waals surface area contributed by atoms with E-state index >= 15 is 0 Å². The molecule has 1 atom stereocenters. The molecule has 0 saturated heterocycles. The minimum Gasteiger partial charge on any atom is -0.379 e. The van der Waals surface area contributed by atoms with Crippen molar-refractivity contribution in [1.82, 2.24) is 14.8 Å². The molecular weight excluding hydrogens is 264 g/mol. The summed E-state index contributed by atoms with van der Waals surface area (Å²) in [4.78, 5) is 6.47. The molecule has 0 aromatic carbocycles. The minimum absolute atomic E-state index is 0.0945. The maximum Gasteiger partial charge on any atom is 0.193 e. The van der Waals surface area contributed by atoms with E-state index in [2.05, 4.69) is 65.9 Å². The maximum absolute atomic E-state index is 5.57. The van der Waals surface area contributed by atoms with Crippen LogP contribution in [0.4, 0.5) is 0 Å². The predicted octanol–water partition coefficient (Wildman–Crippen LogP) is 2.09. The summed E-state index contributed by atoms with van der Waals surface area (Å²) >= 11 is 0. The Hall–Kier alpha value is -1.49. The van der Waals surface area contributed by atoms with E-state index in [9.17, 15) is 0 Å². The number of guanidine groups is 1. The smallest absolute Gasteiger partial charge is 0.193 e. The van der Waals surface area contributed by atoms with Crippen LogP contribution >= 0.6 is 0 Å². The molecule has 0 fully saturated rings. The standard InChI is InChI=1S/C16H30N4O/c1-16(2,3)14(21-7)11-18-15(17-4)20(6)12-13-9-8-10-19(13)5/h8-10,14H,11-12H2,1-7H3,(H,17,18). The molecule has 120 valence electrons. The van der Waals surface area contributed by atoms with Gasteiger partial charge in [-0.1, -0.05) is 20.8 Å². The summed E-state index contributed by atoms with van der Waals surface area (Å²) in [6, 6.07) is 4.18. The first kappa shape index (κ1) is 17.6. The van der Waals surface area contributed by atoms with Crippen LogP contribution in [0.1, 0.15) is 26.5 Å². The molecule has 1 rings (SSSR count). The molecule has 0 spiro atoms. The third kappa shape index (κ3) is 5.08. The zero-order chi connectivity index (χ0) is 16.0. The molecule has 1 N–H and O–H groups in total. The summed E-state index contributed by atoms with van der Waals surface area (Å²) in [5.41, 5.74) is 1.34. The number of aliphatic imine (C=N–C) groups is 1. The number of ether oxygens (including phenoxy) is 1. The molecule has 21 heavy (non-hydrogen) atoms. The number of methoxy groups -OCH3 is 1. The second-order valence-corrected chi connectivity index (χ2v) is 6.48. The van der Waals surface area contributed by atoms with Gasteiger partial charge in [0.2, 0.25) is 0 Å². The van der Waals surface area contributed by atoms with Gasteiger partial charge in [0.25, 0.3) is 0 Å². The topological polar surface area (TPSA) is 41.8 Å². The van der Waals surface area contributed by atoms with Gasteiger partial charge in [-0.25, -0.2) is 0 Å². The molecular formula is C16H30N4O. The Balaban J connectivity index is 2.61. The van der Waals surface area contributed by atoms with Crippen molar-refractivity contribution in [1.29, 1.82) is 0 Å². The lowest BCUT2D eigenvalue weighted by Crippen LogP contribution is -2.45. The van der Waals surface area contributed by atoms with Gasteiger partial charge < -0.3 is 19.5 Å². The first-order valence-corrected chi connectivity index (χ1v) is 7.34. The lowest BCUT2D eigenvalue weighted by Gasteiger charge is -2.31. The Bertz CT molecular complexity index is 459. The second-order valence-electron chi connectivity index (χ2n) is 6.48. The molecule has 0 saturated carbocycles. The first-order valence-electron chi connectivity index (χ1n) is 7.34. The average molecular weight is 294 g/mol. The summed E-state index contributed by atoms with van der Waals surface area (Å²) in [6.45, 7) is 8.10. The van der Waals surface area contributed by atoms with Gasteiger partial charge in [0.15, 0.2) is 5.96 Å². The monoisotopic (exact) mass is 294 g/mol. The fourth-order valence-corrected chi connectivity index (χ4v) is 2.29. The van der Waals surface area contributed by atoms with Crippen molar-refractivity contribution in [2.75, 3.05) is 27.7 Å². The van der Waals surface area contributed by atoms with E-state index in [1.54, 1.807) is 7.11 Å². The lowest BCUT2D eigenvalue weighted by molar-refractivity contribution is 0.0202. The summed E-state index contributed by atoms with van der Waals surface area (Å²) in [7, 11) is 7.66. The number of rotatable bonds is 5. The van der Waals surface area contributed by atoms with Gasteiger partial charge >= 0.3 is 0 Å². The minimum atomic E-state index is 0.0945. The number of hydrogen-bond donors (Lipinski definition) is 1. The van der Waals surface area contributed by atoms with E-state index in [1.165, 1.54) is 5.69 Å². The summed E-state index contributed by atoms with van der Waals surface area (Å²) in [5.74, 6) is 0.877. The normalized spacial score (nSPS) is 14.1. The molecule has 5 heteroatoms. The van der Waals surface area contributed by atoms with Gasteiger partial charge in [0, 0.05) is 46.7 Å². The fourth-order valence-electron chi connectivity index (χ4n) is 2.29. The second kappa shape index (κ2) is 7.50. The van der Waals surface area contributed by atoms with Crippen LogP contribution in [-0.4, -0.2) is 49.3 Å². The molecule has 1 aromatic rings. The van der Waals surface area contributed by atoms with Crippen molar-refractivity contribution in [3.05, 3.63) is 24.0 Å². The number of nitrogens with one attached hydrogen (secondary N) is 1. The van der Waals surface area contributed by atoms with E-state index in [1.807, 2.05) is 14.1 Å². The Morgan fingerprint density at radius 3 is 2.57 bits per heavy atom. The van der Waals surface area contributed by atoms with Gasteiger partial charge in [-0.05, 0) is 17.5 Å². The Morgan fingerprint density at radius 1 is 1.48 bits per heavy atom. The third-order valence-corrected chi connectivity index (χ3v) is 3.72. The quantitative estimate of drug-likeness (QED) is 0.668. The van der Waals surface area contributed by atoms with E-state index in [-0.39, 0.29) is 11.5 Å². The zero-order valence-electron chi connectivity index (χ0n) is 14.5. The molecule has 0 radical (unpaired) electrons. The largest absolute Gasteiger partial charge is 0.379 e. The van der Waals surface area contributed by atoms with E-state index in [4.69, 9.17) is 4.74 Å². The van der Waals surface area contributed by atoms with Crippen molar-refractivity contribution in [3.8, 4) is 0 Å². The van der Waals surface area contributed by atoms with Crippen molar-refractivity contribution in [2.45, 2.75) is 33.4 Å². The van der Waals surface area contributed by atoms with Gasteiger partial charge in [-0.15, -0.1) is 0 Å². The highest BCUT2D eigenvalue weighted by molar-refractivity contribution is 5.79. The molecule has 1 unspecified atom stereocenters. The average Bonchev–Trinajstić information content (AvgIpc) is 2.78. The van der Waals surface area contributed by atoms with E-state index < -0.39 is 0 Å². The fraction of sp³-hybridized carbons (Fsp3) is 0.688. The molecule has 1 aromatic heterocycles. The van der Waals surface area contributed by atoms with Crippen molar-refractivity contribution < 1.29 is 4.74 Å². The maximum atomic E-state index is 5.57. The zero-order valence-corrected chi connectivity index (χ0v) is 14.5. The van der Waals surface area contributed by atoms with Gasteiger partial charge in [0.05, 0.1) is 12.6 Å². The number of aryl methyl sites for hydroxylation is 1. The first-order chi connectivity index (χ1) is 9.79. The summed E-state index contributed by atoms with van der Waals surface area (Å²) < 4.78 is 7.70. The van der Waals surface area contributed by atoms with Gasteiger partial charge in [-0.3, -0.25) is 4.99 Å². The van der Waals surface area contributed by atoms with Crippen LogP contribution in [0.25, 0.3) is 0 Å². The van der Waals surface area contributed by atoms with E-state index in [0.29, 0.717) is 0 Å². The molecule has 0 aliphatic rings. The number of aromatic nitrogens is 1. The van der Waals surface area contributed by atoms with E-state index in [0.717, 1.165) is 19.0 Å². The highest BCUT2D eigenvalue weighted by Gasteiger charge is 2.24. The Kier molecular flexibility index (Phi) is 6.27. The lowest BCUT2D eigenvalue weighted by atomic mass is 9.89. The Labute approximate surface area is 129 Å². The van der Waals surface area contributed by atoms with Crippen LogP contribution in [0.15, 0.2) is 23.3 Å². The van der Waals surface area contributed by atoms with Crippen LogP contribution < -0.4 is 5.32 Å². The Morgan fingerprint density at radius 2 is 2.14 bits per heavy atom. The molecule has 5 nitrogen and oxygen atoms in total. The predicted molar refractivity (Wildman–Crippen MR) is 88.5 cm³/mol. The SMILES string of the molecule is CN=C(NCC(OC)C(C)(C)C)N(C)Cc1cccn1C. The van der Waals surface area contributed by atoms with Crippen LogP contribution in [0.2, 0.25) is 0 Å². The summed E-state index contributed by atoms with van der Waals surface area (Å²) in [6.07, 6.45) is 2.19. The highest BCUT2D eigenvalue weighted by atomic mass is 16.5. The molecule has 0 aliphatic carbocycles. The van der Waals surface area contributed by atoms with Crippen LogP contribution in [0.5, 0.6) is 0 Å². The number of nitrogens with zero attached hydrogens (tertiary/aromatic N) is 3. The van der Waals surface area contributed by atoms with Crippen molar-refractivity contribution >= 4 is 5.96 Å². The van der Waals surface area contributed by atoms with Crippen LogP contribution in [0, 0.1) is 5.41 Å². The van der Waals surface area contributed by atoms with Gasteiger partial charge in [0.1, 0.15) is 0 Å². The molecule has 1 heterocycles. The highest BCUT2D eigenvalue weighted by Crippen LogP contribution is 2.21.